The van der Waals surface area contributed by atoms with Crippen molar-refractivity contribution in [2.45, 2.75) is 82.7 Å². The number of hydrogen-bond donors (Lipinski definition) is 0. The maximum Gasteiger partial charge on any atom is 0.00982 e. The molecule has 2 aliphatic carbocycles. The molecular weight excluding hydrogens is 232 g/mol. The first-order valence-corrected chi connectivity index (χ1v) is 8.68. The van der Waals surface area contributed by atoms with Gasteiger partial charge in [-0.3, -0.25) is 4.90 Å². The average molecular weight is 266 g/mol. The zero-order valence-corrected chi connectivity index (χ0v) is 13.2. The van der Waals surface area contributed by atoms with Crippen LogP contribution in [0, 0.1) is 0 Å². The van der Waals surface area contributed by atoms with Gasteiger partial charge in [0.05, 0.1) is 0 Å². The molecule has 2 aliphatic rings. The van der Waals surface area contributed by atoms with Gasteiger partial charge in [0.2, 0.25) is 0 Å². The third kappa shape index (κ3) is 5.07. The Kier molecular flexibility index (Phi) is 6.66. The quantitative estimate of drug-likeness (QED) is 0.719. The summed E-state index contributed by atoms with van der Waals surface area (Å²) in [6.07, 6.45) is 16.1. The van der Waals surface area contributed by atoms with Crippen molar-refractivity contribution in [3.05, 3.63) is 0 Å². The number of hydrogen-bond acceptors (Lipinski definition) is 2. The van der Waals surface area contributed by atoms with Crippen molar-refractivity contribution in [1.82, 2.24) is 9.80 Å². The third-order valence-corrected chi connectivity index (χ3v) is 5.11. The third-order valence-electron chi connectivity index (χ3n) is 5.11. The topological polar surface area (TPSA) is 6.48 Å². The Morgan fingerprint density at radius 2 is 1.16 bits per heavy atom. The van der Waals surface area contributed by atoms with E-state index < -0.39 is 0 Å². The standard InChI is InChI=1S/C17H34N2/c1-18(2)14-9-15-19(16-10-5-3-6-11-16)17-12-7-4-8-13-17/h16-17H,3-15H2,1-2H3. The van der Waals surface area contributed by atoms with Crippen LogP contribution in [0.4, 0.5) is 0 Å². The SMILES string of the molecule is CN(C)CCCN(C1CCCCC1)C1CCCCC1. The van der Waals surface area contributed by atoms with Gasteiger partial charge >= 0.3 is 0 Å². The molecule has 0 unspecified atom stereocenters. The minimum atomic E-state index is 0.916. The van der Waals surface area contributed by atoms with Gasteiger partial charge in [-0.2, -0.15) is 0 Å². The second-order valence-corrected chi connectivity index (χ2v) is 6.98. The van der Waals surface area contributed by atoms with E-state index in [2.05, 4.69) is 23.9 Å². The van der Waals surface area contributed by atoms with Crippen LogP contribution in [0.5, 0.6) is 0 Å². The first-order chi connectivity index (χ1) is 9.27. The van der Waals surface area contributed by atoms with Crippen molar-refractivity contribution in [2.24, 2.45) is 0 Å². The largest absolute Gasteiger partial charge is 0.309 e. The highest BCUT2D eigenvalue weighted by Crippen LogP contribution is 2.30. The molecule has 0 saturated heterocycles. The van der Waals surface area contributed by atoms with Crippen LogP contribution >= 0.6 is 0 Å². The molecule has 2 fully saturated rings. The van der Waals surface area contributed by atoms with Crippen LogP contribution in [0.1, 0.15) is 70.6 Å². The van der Waals surface area contributed by atoms with Crippen LogP contribution in [0.3, 0.4) is 0 Å². The number of nitrogens with zero attached hydrogens (tertiary/aromatic N) is 2. The molecule has 112 valence electrons. The molecule has 19 heavy (non-hydrogen) atoms. The Labute approximate surface area is 120 Å². The van der Waals surface area contributed by atoms with Crippen LogP contribution in [-0.4, -0.2) is 49.1 Å². The van der Waals surface area contributed by atoms with E-state index in [-0.39, 0.29) is 0 Å². The molecule has 2 saturated carbocycles. The molecule has 0 radical (unpaired) electrons. The van der Waals surface area contributed by atoms with Crippen LogP contribution in [0.2, 0.25) is 0 Å². The Balaban J connectivity index is 1.86. The van der Waals surface area contributed by atoms with E-state index in [4.69, 9.17) is 0 Å². The summed E-state index contributed by atoms with van der Waals surface area (Å²) < 4.78 is 0. The maximum absolute atomic E-state index is 2.93. The summed E-state index contributed by atoms with van der Waals surface area (Å²) in [7, 11) is 4.40. The van der Waals surface area contributed by atoms with Gasteiger partial charge in [-0.1, -0.05) is 38.5 Å². The van der Waals surface area contributed by atoms with Crippen molar-refractivity contribution >= 4 is 0 Å². The van der Waals surface area contributed by atoms with Crippen molar-refractivity contribution in [1.29, 1.82) is 0 Å². The Bertz CT molecular complexity index is 209. The molecule has 0 heterocycles. The van der Waals surface area contributed by atoms with E-state index in [0.717, 1.165) is 12.1 Å². The minimum absolute atomic E-state index is 0.916. The van der Waals surface area contributed by atoms with Crippen molar-refractivity contribution in [3.63, 3.8) is 0 Å². The fourth-order valence-electron chi connectivity index (χ4n) is 4.06. The van der Waals surface area contributed by atoms with Gasteiger partial charge in [0.25, 0.3) is 0 Å². The minimum Gasteiger partial charge on any atom is -0.309 e. The normalized spacial score (nSPS) is 23.4. The zero-order chi connectivity index (χ0) is 13.5. The van der Waals surface area contributed by atoms with E-state index in [0.29, 0.717) is 0 Å². The second kappa shape index (κ2) is 8.26. The Morgan fingerprint density at radius 3 is 1.58 bits per heavy atom. The highest BCUT2D eigenvalue weighted by Gasteiger charge is 2.28. The average Bonchev–Trinajstić information content (AvgIpc) is 2.45. The predicted octanol–water partition coefficient (Wildman–Crippen LogP) is 3.91. The van der Waals surface area contributed by atoms with Gasteiger partial charge in [0.15, 0.2) is 0 Å². The molecule has 0 bridgehead atoms. The van der Waals surface area contributed by atoms with Gasteiger partial charge in [0, 0.05) is 12.1 Å². The molecule has 0 N–H and O–H groups in total. The first-order valence-electron chi connectivity index (χ1n) is 8.68. The molecule has 2 nitrogen and oxygen atoms in total. The van der Waals surface area contributed by atoms with Crippen molar-refractivity contribution in [3.8, 4) is 0 Å². The fourth-order valence-corrected chi connectivity index (χ4v) is 4.06. The molecule has 2 heteroatoms. The molecule has 0 amide bonds. The van der Waals surface area contributed by atoms with Crippen LogP contribution in [0.15, 0.2) is 0 Å². The molecule has 0 atom stereocenters. The van der Waals surface area contributed by atoms with Gasteiger partial charge in [-0.25, -0.2) is 0 Å². The number of rotatable bonds is 6. The lowest BCUT2D eigenvalue weighted by atomic mass is 9.88. The van der Waals surface area contributed by atoms with E-state index >= 15 is 0 Å². The predicted molar refractivity (Wildman–Crippen MR) is 83.6 cm³/mol. The van der Waals surface area contributed by atoms with Crippen molar-refractivity contribution in [2.75, 3.05) is 27.2 Å². The molecule has 0 aliphatic heterocycles. The summed E-state index contributed by atoms with van der Waals surface area (Å²) >= 11 is 0. The molecule has 0 aromatic rings. The van der Waals surface area contributed by atoms with E-state index in [9.17, 15) is 0 Å². The zero-order valence-electron chi connectivity index (χ0n) is 13.2. The van der Waals surface area contributed by atoms with Gasteiger partial charge in [0.1, 0.15) is 0 Å². The Hall–Kier alpha value is -0.0800. The highest BCUT2D eigenvalue weighted by atomic mass is 15.2. The lowest BCUT2D eigenvalue weighted by Gasteiger charge is -2.42. The first kappa shape index (κ1) is 15.3. The van der Waals surface area contributed by atoms with Crippen LogP contribution in [0.25, 0.3) is 0 Å². The second-order valence-electron chi connectivity index (χ2n) is 6.98. The summed E-state index contributed by atoms with van der Waals surface area (Å²) in [5.41, 5.74) is 0. The fraction of sp³-hybridized carbons (Fsp3) is 1.00. The molecular formula is C17H34N2. The Morgan fingerprint density at radius 1 is 0.684 bits per heavy atom. The molecule has 2 rings (SSSR count). The lowest BCUT2D eigenvalue weighted by molar-refractivity contribution is 0.0774. The molecule has 0 aromatic heterocycles. The smallest absolute Gasteiger partial charge is 0.00982 e. The van der Waals surface area contributed by atoms with Gasteiger partial charge < -0.3 is 4.90 Å². The van der Waals surface area contributed by atoms with Gasteiger partial charge in [-0.05, 0) is 59.3 Å². The van der Waals surface area contributed by atoms with E-state index in [1.807, 2.05) is 0 Å². The maximum atomic E-state index is 2.93. The molecule has 0 spiro atoms. The summed E-state index contributed by atoms with van der Waals surface area (Å²) in [4.78, 5) is 5.27. The van der Waals surface area contributed by atoms with E-state index in [1.165, 1.54) is 83.7 Å². The monoisotopic (exact) mass is 266 g/mol. The van der Waals surface area contributed by atoms with Crippen LogP contribution < -0.4 is 0 Å². The summed E-state index contributed by atoms with van der Waals surface area (Å²) in [6, 6.07) is 1.83. The summed E-state index contributed by atoms with van der Waals surface area (Å²) in [5, 5.41) is 0. The summed E-state index contributed by atoms with van der Waals surface area (Å²) in [5.74, 6) is 0. The van der Waals surface area contributed by atoms with Gasteiger partial charge in [-0.15, -0.1) is 0 Å². The lowest BCUT2D eigenvalue weighted by Crippen LogP contribution is -2.46. The van der Waals surface area contributed by atoms with E-state index in [1.54, 1.807) is 0 Å². The molecule has 0 aromatic carbocycles. The summed E-state index contributed by atoms with van der Waals surface area (Å²) in [6.45, 7) is 2.59. The highest BCUT2D eigenvalue weighted by molar-refractivity contribution is 4.83. The van der Waals surface area contributed by atoms with Crippen molar-refractivity contribution < 1.29 is 0 Å². The van der Waals surface area contributed by atoms with Crippen LogP contribution in [-0.2, 0) is 0 Å².